The Balaban J connectivity index is 1.11. The van der Waals surface area contributed by atoms with Crippen LogP contribution in [0.15, 0.2) is 59.1 Å². The summed E-state index contributed by atoms with van der Waals surface area (Å²) < 4.78 is 65.3. The van der Waals surface area contributed by atoms with E-state index < -0.39 is 95.6 Å². The number of imidazole rings is 1. The number of rotatable bonds is 22. The fourth-order valence-electron chi connectivity index (χ4n) is 6.80. The van der Waals surface area contributed by atoms with Gasteiger partial charge in [-0.05, 0) is 36.3 Å². The van der Waals surface area contributed by atoms with Gasteiger partial charge in [-0.2, -0.15) is 4.98 Å². The van der Waals surface area contributed by atoms with E-state index in [1.54, 1.807) is 24.3 Å². The number of phosphoric acid groups is 2. The molecule has 2 aliphatic heterocycles. The van der Waals surface area contributed by atoms with E-state index in [4.69, 9.17) is 50.7 Å². The minimum Gasteiger partial charge on any atom is -0.455 e. The Labute approximate surface area is 386 Å². The van der Waals surface area contributed by atoms with E-state index in [-0.39, 0.29) is 60.5 Å². The lowest BCUT2D eigenvalue weighted by Gasteiger charge is -2.25. The standard InChI is InChI=1S/C34H45N13O16P2S2/c1-66-67-18(11-39-34(51)57-12-17-4-2-3-5-20(17)44-45-38)6-7-19(35)32(49)62-28-23(61-31(27(28)48)47-16-42-26-29(37)40-15-41-30(26)47)14-59-65(55,56)63-21-10-25(46-9-8-24(36)43-33(46)50)60-22(21)13-58-64(52,53)54/h2-5,8-9,15-16,18-19,21-23,25,27-28,31,48H,6-7,10-14,35H2,1H3,(H,39,51)(H,55,56)(H2,36,43,50)(H2,37,40,41)(H2,52,53,54)/t18-,19-,21+,22-,23+,25-,27-,28-,31+/m1/s1. The van der Waals surface area contributed by atoms with Crippen molar-refractivity contribution in [3.8, 4) is 0 Å². The van der Waals surface area contributed by atoms with Crippen LogP contribution >= 0.6 is 37.2 Å². The van der Waals surface area contributed by atoms with Crippen LogP contribution in [0.1, 0.15) is 37.3 Å². The number of anilines is 2. The number of azide groups is 1. The second-order valence-electron chi connectivity index (χ2n) is 14.5. The summed E-state index contributed by atoms with van der Waals surface area (Å²) in [5, 5.41) is 17.6. The summed E-state index contributed by atoms with van der Waals surface area (Å²) in [5.74, 6) is -1.11. The molecule has 33 heteroatoms. The van der Waals surface area contributed by atoms with Crippen molar-refractivity contribution in [2.45, 2.75) is 80.1 Å². The molecule has 2 saturated heterocycles. The number of carbonyl (C=O) groups excluding carboxylic acids is 2. The topological polar surface area (TPSA) is 431 Å². The number of nitrogens with two attached hydrogens (primary N) is 3. The monoisotopic (exact) mass is 1020 g/mol. The van der Waals surface area contributed by atoms with Gasteiger partial charge in [-0.3, -0.25) is 27.5 Å². The number of aromatic nitrogens is 6. The number of phosphoric ester groups is 2. The molecule has 2 aliphatic rings. The van der Waals surface area contributed by atoms with E-state index in [0.29, 0.717) is 11.3 Å². The van der Waals surface area contributed by atoms with Gasteiger partial charge in [-0.15, -0.1) is 0 Å². The van der Waals surface area contributed by atoms with Crippen molar-refractivity contribution >= 4 is 77.8 Å². The molecule has 0 aliphatic carbocycles. The molecule has 10 atom stereocenters. The van der Waals surface area contributed by atoms with Gasteiger partial charge < -0.3 is 61.3 Å². The van der Waals surface area contributed by atoms with Gasteiger partial charge in [-0.25, -0.2) is 33.7 Å². The van der Waals surface area contributed by atoms with Gasteiger partial charge in [0.1, 0.15) is 61.0 Å². The van der Waals surface area contributed by atoms with Crippen LogP contribution < -0.4 is 28.2 Å². The number of fused-ring (bicyclic) bond motifs is 1. The first-order valence-electron chi connectivity index (χ1n) is 19.7. The van der Waals surface area contributed by atoms with Crippen molar-refractivity contribution < 1.29 is 71.0 Å². The molecule has 364 valence electrons. The largest absolute Gasteiger partial charge is 0.472 e. The molecule has 1 unspecified atom stereocenters. The average molecular weight is 1020 g/mol. The van der Waals surface area contributed by atoms with Gasteiger partial charge in [-0.1, -0.05) is 51.0 Å². The molecule has 1 aromatic carbocycles. The van der Waals surface area contributed by atoms with Crippen molar-refractivity contribution in [2.24, 2.45) is 10.8 Å². The normalized spacial score (nSPS) is 23.5. The second kappa shape index (κ2) is 22.9. The summed E-state index contributed by atoms with van der Waals surface area (Å²) >= 11 is 0. The SMILES string of the molecule is CSS[C@H](CC[C@@H](N)C(=O)O[C@H]1[C@@H](O)[C@@H](n2cnc3c(N)ncnc32)O[C@H]1COP(=O)(O)O[C@H]1C[C@H](n2ccc(N)nc2=O)O[C@@H]1COP(=O)(O)O)CNC(=O)OCc1ccccc1N=[N+]=[N-]. The maximum atomic E-state index is 13.6. The number of benzene rings is 1. The van der Waals surface area contributed by atoms with Crippen molar-refractivity contribution in [3.63, 3.8) is 0 Å². The van der Waals surface area contributed by atoms with Gasteiger partial charge in [0.15, 0.2) is 23.8 Å². The van der Waals surface area contributed by atoms with Crippen LogP contribution in [0.25, 0.3) is 21.6 Å². The van der Waals surface area contributed by atoms with Crippen LogP contribution in [0, 0.1) is 0 Å². The van der Waals surface area contributed by atoms with Crippen molar-refractivity contribution in [3.05, 3.63) is 75.7 Å². The minimum atomic E-state index is -5.22. The van der Waals surface area contributed by atoms with Crippen molar-refractivity contribution in [1.82, 2.24) is 34.4 Å². The summed E-state index contributed by atoms with van der Waals surface area (Å²) in [5.41, 5.74) is 26.8. The Morgan fingerprint density at radius 1 is 1.07 bits per heavy atom. The molecule has 1 amide bonds. The number of hydrogen-bond donors (Lipinski definition) is 8. The molecule has 6 rings (SSSR count). The molecule has 0 spiro atoms. The second-order valence-corrected chi connectivity index (χ2v) is 19.9. The Morgan fingerprint density at radius 3 is 2.57 bits per heavy atom. The third-order valence-electron chi connectivity index (χ3n) is 9.95. The lowest BCUT2D eigenvalue weighted by molar-refractivity contribution is -0.158. The lowest BCUT2D eigenvalue weighted by atomic mass is 10.1. The number of nitrogens with zero attached hydrogens (tertiary/aromatic N) is 9. The molecule has 0 radical (unpaired) electrons. The summed E-state index contributed by atoms with van der Waals surface area (Å²) in [6.07, 6.45) is -5.80. The van der Waals surface area contributed by atoms with Gasteiger partial charge in [0.25, 0.3) is 0 Å². The number of esters is 1. The maximum Gasteiger partial charge on any atom is 0.472 e. The van der Waals surface area contributed by atoms with E-state index in [9.17, 15) is 43.3 Å². The summed E-state index contributed by atoms with van der Waals surface area (Å²) in [6, 6.07) is 6.57. The van der Waals surface area contributed by atoms with Crippen LogP contribution in [-0.4, -0.2) is 129 Å². The van der Waals surface area contributed by atoms with E-state index in [1.165, 1.54) is 44.7 Å². The first-order chi connectivity index (χ1) is 31.9. The zero-order valence-corrected chi connectivity index (χ0v) is 38.3. The Morgan fingerprint density at radius 2 is 1.84 bits per heavy atom. The van der Waals surface area contributed by atoms with Crippen LogP contribution in [0.3, 0.4) is 0 Å². The van der Waals surface area contributed by atoms with Gasteiger partial charge >= 0.3 is 33.4 Å². The molecule has 4 aromatic rings. The lowest BCUT2D eigenvalue weighted by Crippen LogP contribution is -2.43. The molecule has 3 aromatic heterocycles. The fraction of sp³-hybridized carbons (Fsp3) is 0.500. The first kappa shape index (κ1) is 51.5. The highest BCUT2D eigenvalue weighted by Gasteiger charge is 2.50. The molecule has 5 heterocycles. The number of nitrogen functional groups attached to an aromatic ring is 2. The first-order valence-corrected chi connectivity index (χ1v) is 25.3. The Bertz CT molecular complexity index is 2590. The molecule has 67 heavy (non-hydrogen) atoms. The maximum absolute atomic E-state index is 13.6. The Hall–Kier alpha value is -4.94. The van der Waals surface area contributed by atoms with Crippen LogP contribution in [-0.2, 0) is 53.1 Å². The molecule has 0 bridgehead atoms. The minimum absolute atomic E-state index is 0.00151. The van der Waals surface area contributed by atoms with Crippen molar-refractivity contribution in [1.29, 1.82) is 0 Å². The third-order valence-corrected chi connectivity index (χ3v) is 13.7. The Kier molecular flexibility index (Phi) is 17.6. The summed E-state index contributed by atoms with van der Waals surface area (Å²) in [6.45, 7) is -1.79. The number of amides is 1. The number of alkyl carbamates (subject to hydrolysis) is 1. The van der Waals surface area contributed by atoms with Crippen LogP contribution in [0.5, 0.6) is 0 Å². The number of hydrogen-bond acceptors (Lipinski definition) is 23. The molecule has 11 N–H and O–H groups in total. The predicted octanol–water partition coefficient (Wildman–Crippen LogP) is 1.67. The zero-order valence-electron chi connectivity index (χ0n) is 34.9. The van der Waals surface area contributed by atoms with Crippen LogP contribution in [0.4, 0.5) is 22.1 Å². The molecule has 29 nitrogen and oxygen atoms in total. The highest BCUT2D eigenvalue weighted by atomic mass is 33.1. The molecular formula is C34H45N13O16P2S2. The molecular weight excluding hydrogens is 973 g/mol. The summed E-state index contributed by atoms with van der Waals surface area (Å²) in [7, 11) is -7.50. The van der Waals surface area contributed by atoms with E-state index in [0.717, 1.165) is 10.9 Å². The van der Waals surface area contributed by atoms with Crippen molar-refractivity contribution in [2.75, 3.05) is 37.5 Å². The van der Waals surface area contributed by atoms with Gasteiger partial charge in [0.2, 0.25) is 0 Å². The highest BCUT2D eigenvalue weighted by Crippen LogP contribution is 2.50. The zero-order chi connectivity index (χ0) is 48.5. The number of carbonyl (C=O) groups is 2. The predicted molar refractivity (Wildman–Crippen MR) is 235 cm³/mol. The van der Waals surface area contributed by atoms with E-state index in [1.807, 2.05) is 6.26 Å². The average Bonchev–Trinajstić information content (AvgIpc) is 3.97. The van der Waals surface area contributed by atoms with Crippen LogP contribution in [0.2, 0.25) is 0 Å². The highest BCUT2D eigenvalue weighted by molar-refractivity contribution is 8.76. The number of nitrogens with one attached hydrogen (secondary N) is 1. The van der Waals surface area contributed by atoms with Gasteiger partial charge in [0.05, 0.1) is 19.5 Å². The van der Waals surface area contributed by atoms with E-state index in [2.05, 4.69) is 39.8 Å². The van der Waals surface area contributed by atoms with Gasteiger partial charge in [0, 0.05) is 35.0 Å². The number of aliphatic hydroxyl groups excluding tert-OH is 1. The third kappa shape index (κ3) is 13.8. The fourth-order valence-corrected chi connectivity index (χ4v) is 10.1. The molecule has 0 saturated carbocycles. The smallest absolute Gasteiger partial charge is 0.455 e. The molecule has 2 fully saturated rings. The number of ether oxygens (including phenoxy) is 4. The van der Waals surface area contributed by atoms with E-state index >= 15 is 0 Å². The quantitative estimate of drug-likeness (QED) is 0.0139. The summed E-state index contributed by atoms with van der Waals surface area (Å²) in [4.78, 5) is 86.8. The number of aliphatic hydroxyl groups is 1.